The minimum Gasteiger partial charge on any atom is -0.374 e. The smallest absolute Gasteiger partial charge is 0.261 e. The van der Waals surface area contributed by atoms with Crippen LogP contribution in [0.25, 0.3) is 16.9 Å². The molecule has 1 saturated heterocycles. The van der Waals surface area contributed by atoms with E-state index in [0.717, 1.165) is 12.1 Å². The Bertz CT molecular complexity index is 1160. The number of aryl methyl sites for hydroxylation is 1. The Morgan fingerprint density at radius 3 is 2.77 bits per heavy atom. The summed E-state index contributed by atoms with van der Waals surface area (Å²) in [5, 5.41) is 0. The number of hydrogen-bond donors (Lipinski definition) is 0. The Kier molecular flexibility index (Phi) is 5.46. The Balaban J connectivity index is 1.94. The Morgan fingerprint density at radius 1 is 1.23 bits per heavy atom. The first-order valence-corrected chi connectivity index (χ1v) is 9.67. The Hall–Kier alpha value is -2.94. The molecule has 158 valence electrons. The van der Waals surface area contributed by atoms with Crippen LogP contribution in [0.3, 0.4) is 0 Å². The second kappa shape index (κ2) is 8.06. The van der Waals surface area contributed by atoms with Gasteiger partial charge in [0, 0.05) is 42.4 Å². The van der Waals surface area contributed by atoms with E-state index < -0.39 is 18.3 Å². The van der Waals surface area contributed by atoms with Crippen molar-refractivity contribution in [1.82, 2.24) is 14.4 Å². The fourth-order valence-corrected chi connectivity index (χ4v) is 3.56. The lowest BCUT2D eigenvalue weighted by Crippen LogP contribution is -2.43. The van der Waals surface area contributed by atoms with E-state index in [2.05, 4.69) is 9.97 Å². The van der Waals surface area contributed by atoms with E-state index in [0.29, 0.717) is 36.8 Å². The molecule has 1 aliphatic rings. The van der Waals surface area contributed by atoms with Gasteiger partial charge in [-0.15, -0.1) is 0 Å². The fourth-order valence-electron chi connectivity index (χ4n) is 3.56. The van der Waals surface area contributed by atoms with Gasteiger partial charge in [0.05, 0.1) is 25.6 Å². The summed E-state index contributed by atoms with van der Waals surface area (Å²) in [4.78, 5) is 23.8. The second-order valence-electron chi connectivity index (χ2n) is 7.31. The van der Waals surface area contributed by atoms with Crippen molar-refractivity contribution in [3.8, 4) is 11.3 Å². The molecule has 0 bridgehead atoms. The maximum Gasteiger partial charge on any atom is 0.261 e. The lowest BCUT2D eigenvalue weighted by atomic mass is 10.1. The number of fused-ring (bicyclic) bond motifs is 1. The van der Waals surface area contributed by atoms with Crippen LogP contribution in [0.2, 0.25) is 0 Å². The normalized spacial score (nSPS) is 17.0. The number of rotatable bonds is 4. The van der Waals surface area contributed by atoms with Gasteiger partial charge in [-0.25, -0.2) is 18.7 Å². The molecule has 6 nitrogen and oxygen atoms in total. The molecule has 1 aromatic carbocycles. The highest BCUT2D eigenvalue weighted by atomic mass is 19.1. The van der Waals surface area contributed by atoms with Gasteiger partial charge < -0.3 is 9.64 Å². The summed E-state index contributed by atoms with van der Waals surface area (Å²) in [7, 11) is 0. The molecule has 0 N–H and O–H groups in total. The van der Waals surface area contributed by atoms with Crippen LogP contribution in [0.15, 0.2) is 29.2 Å². The van der Waals surface area contributed by atoms with E-state index in [1.807, 2.05) is 4.90 Å². The molecule has 0 aliphatic carbocycles. The molecule has 1 fully saturated rings. The number of anilines is 1. The topological polar surface area (TPSA) is 59.7 Å². The average molecular weight is 418 g/mol. The first-order chi connectivity index (χ1) is 14.4. The second-order valence-corrected chi connectivity index (χ2v) is 7.31. The van der Waals surface area contributed by atoms with Gasteiger partial charge in [0.1, 0.15) is 23.1 Å². The van der Waals surface area contributed by atoms with Crippen LogP contribution in [-0.4, -0.2) is 46.8 Å². The number of morpholine rings is 1. The summed E-state index contributed by atoms with van der Waals surface area (Å²) in [5.41, 5.74) is 1.04. The van der Waals surface area contributed by atoms with Gasteiger partial charge in [0.2, 0.25) is 0 Å². The van der Waals surface area contributed by atoms with Gasteiger partial charge in [-0.1, -0.05) is 0 Å². The van der Waals surface area contributed by atoms with Gasteiger partial charge in [0.25, 0.3) is 5.56 Å². The lowest BCUT2D eigenvalue weighted by Gasteiger charge is -2.33. The summed E-state index contributed by atoms with van der Waals surface area (Å²) in [6.45, 7) is 4.11. The van der Waals surface area contributed by atoms with Crippen LogP contribution in [0.5, 0.6) is 0 Å². The quantitative estimate of drug-likeness (QED) is 0.651. The van der Waals surface area contributed by atoms with Gasteiger partial charge in [-0.2, -0.15) is 0 Å². The van der Waals surface area contributed by atoms with Crippen molar-refractivity contribution in [3.05, 3.63) is 57.6 Å². The lowest BCUT2D eigenvalue weighted by molar-refractivity contribution is 0.0310. The van der Waals surface area contributed by atoms with Crippen LogP contribution in [0.1, 0.15) is 17.7 Å². The third-order valence-corrected chi connectivity index (χ3v) is 5.35. The van der Waals surface area contributed by atoms with Crippen molar-refractivity contribution >= 4 is 11.5 Å². The number of aromatic nitrogens is 3. The highest BCUT2D eigenvalue weighted by Crippen LogP contribution is 2.28. The molecular formula is C21H21F3N4O2. The van der Waals surface area contributed by atoms with E-state index in [1.54, 1.807) is 20.0 Å². The third-order valence-electron chi connectivity index (χ3n) is 5.35. The summed E-state index contributed by atoms with van der Waals surface area (Å²) >= 11 is 0. The minimum atomic E-state index is -0.800. The van der Waals surface area contributed by atoms with E-state index >= 15 is 0 Å². The highest BCUT2D eigenvalue weighted by molar-refractivity contribution is 5.76. The molecule has 3 heterocycles. The van der Waals surface area contributed by atoms with Gasteiger partial charge in [-0.05, 0) is 26.0 Å². The third kappa shape index (κ3) is 3.65. The van der Waals surface area contributed by atoms with Crippen LogP contribution in [-0.2, 0) is 4.74 Å². The highest BCUT2D eigenvalue weighted by Gasteiger charge is 2.24. The maximum absolute atomic E-state index is 14.6. The minimum absolute atomic E-state index is 0.0412. The molecule has 0 saturated carbocycles. The van der Waals surface area contributed by atoms with Crippen molar-refractivity contribution in [2.75, 3.05) is 31.3 Å². The van der Waals surface area contributed by atoms with E-state index in [-0.39, 0.29) is 35.0 Å². The fraction of sp³-hybridized carbons (Fsp3) is 0.381. The van der Waals surface area contributed by atoms with E-state index in [9.17, 15) is 18.0 Å². The molecule has 2 aromatic heterocycles. The molecule has 1 aliphatic heterocycles. The molecule has 0 amide bonds. The zero-order valence-electron chi connectivity index (χ0n) is 16.7. The number of benzene rings is 1. The van der Waals surface area contributed by atoms with Crippen LogP contribution >= 0.6 is 0 Å². The molecule has 3 aromatic rings. The van der Waals surface area contributed by atoms with Gasteiger partial charge in [0.15, 0.2) is 5.65 Å². The van der Waals surface area contributed by atoms with Gasteiger partial charge >= 0.3 is 0 Å². The van der Waals surface area contributed by atoms with Crippen molar-refractivity contribution in [3.63, 3.8) is 0 Å². The SMILES string of the molecule is Cc1nc2c(-c3ccc(F)cc3F)nc(N3CCOC(CCF)C3)cn2c(=O)c1C. The van der Waals surface area contributed by atoms with Crippen LogP contribution in [0, 0.1) is 25.5 Å². The Labute approximate surface area is 171 Å². The summed E-state index contributed by atoms with van der Waals surface area (Å²) in [6, 6.07) is 3.18. The first kappa shape index (κ1) is 20.3. The number of halogens is 3. The molecule has 4 rings (SSSR count). The average Bonchev–Trinajstić information content (AvgIpc) is 2.72. The predicted molar refractivity (Wildman–Crippen MR) is 107 cm³/mol. The van der Waals surface area contributed by atoms with Crippen molar-refractivity contribution in [2.24, 2.45) is 0 Å². The number of alkyl halides is 1. The van der Waals surface area contributed by atoms with Crippen molar-refractivity contribution < 1.29 is 17.9 Å². The molecular weight excluding hydrogens is 397 g/mol. The molecule has 0 radical (unpaired) electrons. The number of nitrogens with zero attached hydrogens (tertiary/aromatic N) is 4. The van der Waals surface area contributed by atoms with E-state index in [4.69, 9.17) is 4.74 Å². The summed E-state index contributed by atoms with van der Waals surface area (Å²) in [5.74, 6) is -1.09. The molecule has 1 unspecified atom stereocenters. The first-order valence-electron chi connectivity index (χ1n) is 9.67. The molecule has 0 spiro atoms. The predicted octanol–water partition coefficient (Wildman–Crippen LogP) is 3.22. The zero-order chi connectivity index (χ0) is 21.4. The van der Waals surface area contributed by atoms with Crippen LogP contribution < -0.4 is 10.5 Å². The van der Waals surface area contributed by atoms with Crippen molar-refractivity contribution in [2.45, 2.75) is 26.4 Å². The monoisotopic (exact) mass is 418 g/mol. The molecule has 30 heavy (non-hydrogen) atoms. The maximum atomic E-state index is 14.6. The Morgan fingerprint density at radius 2 is 2.03 bits per heavy atom. The molecule has 9 heteroatoms. The van der Waals surface area contributed by atoms with Crippen LogP contribution in [0.4, 0.5) is 19.0 Å². The summed E-state index contributed by atoms with van der Waals surface area (Å²) in [6.07, 6.45) is 1.50. The molecule has 1 atom stereocenters. The zero-order valence-corrected chi connectivity index (χ0v) is 16.7. The largest absolute Gasteiger partial charge is 0.374 e. The number of hydrogen-bond acceptors (Lipinski definition) is 5. The summed E-state index contributed by atoms with van der Waals surface area (Å²) < 4.78 is 47.8. The number of ether oxygens (including phenoxy) is 1. The van der Waals surface area contributed by atoms with E-state index in [1.165, 1.54) is 10.5 Å². The van der Waals surface area contributed by atoms with Crippen molar-refractivity contribution in [1.29, 1.82) is 0 Å². The standard InChI is InChI=1S/C21H21F3N4O2/c1-12-13(2)25-20-19(16-4-3-14(23)9-17(16)24)26-18(11-28(20)21(12)29)27-7-8-30-15(10-27)5-6-22/h3-4,9,11,15H,5-8,10H2,1-2H3. The van der Waals surface area contributed by atoms with Gasteiger partial charge in [-0.3, -0.25) is 13.6 Å².